The maximum Gasteiger partial charge on any atom is 0.0589 e. The highest BCUT2D eigenvalue weighted by Crippen LogP contribution is 2.21. The fourth-order valence-corrected chi connectivity index (χ4v) is 1.34. The average molecular weight is 219 g/mol. The second-order valence-corrected chi connectivity index (χ2v) is 4.66. The standard InChI is InChI=1S/C11H25NO3/c1-10(14)11(2,3)9-12(5-7-13)6-8-15-4/h10,13-14H,5-9H2,1-4H3. The second kappa shape index (κ2) is 7.17. The first-order valence-corrected chi connectivity index (χ1v) is 5.44. The summed E-state index contributed by atoms with van der Waals surface area (Å²) >= 11 is 0. The molecule has 0 aliphatic rings. The van der Waals surface area contributed by atoms with Crippen molar-refractivity contribution in [3.8, 4) is 0 Å². The molecule has 2 N–H and O–H groups in total. The van der Waals surface area contributed by atoms with E-state index in [2.05, 4.69) is 4.90 Å². The molecule has 0 fully saturated rings. The molecule has 0 spiro atoms. The number of hydrogen-bond acceptors (Lipinski definition) is 4. The van der Waals surface area contributed by atoms with Gasteiger partial charge in [-0.1, -0.05) is 13.8 Å². The van der Waals surface area contributed by atoms with Gasteiger partial charge in [-0.3, -0.25) is 4.90 Å². The molecule has 0 amide bonds. The van der Waals surface area contributed by atoms with Crippen LogP contribution in [0.1, 0.15) is 20.8 Å². The molecule has 1 atom stereocenters. The van der Waals surface area contributed by atoms with E-state index >= 15 is 0 Å². The van der Waals surface area contributed by atoms with Gasteiger partial charge in [-0.15, -0.1) is 0 Å². The minimum Gasteiger partial charge on any atom is -0.395 e. The molecule has 92 valence electrons. The fraction of sp³-hybridized carbons (Fsp3) is 1.00. The van der Waals surface area contributed by atoms with Gasteiger partial charge in [0.1, 0.15) is 0 Å². The lowest BCUT2D eigenvalue weighted by Crippen LogP contribution is -2.42. The molecule has 1 unspecified atom stereocenters. The summed E-state index contributed by atoms with van der Waals surface area (Å²) in [4.78, 5) is 2.11. The van der Waals surface area contributed by atoms with Crippen LogP contribution in [0.5, 0.6) is 0 Å². The molecule has 0 radical (unpaired) electrons. The van der Waals surface area contributed by atoms with E-state index in [1.54, 1.807) is 14.0 Å². The number of aliphatic hydroxyl groups excluding tert-OH is 2. The molecule has 0 aliphatic heterocycles. The highest BCUT2D eigenvalue weighted by Gasteiger charge is 2.26. The number of hydrogen-bond donors (Lipinski definition) is 2. The van der Waals surface area contributed by atoms with Crippen molar-refractivity contribution in [2.75, 3.05) is 40.0 Å². The molecule has 0 saturated heterocycles. The predicted molar refractivity (Wildman–Crippen MR) is 60.9 cm³/mol. The SMILES string of the molecule is COCCN(CCO)CC(C)(C)C(C)O. The van der Waals surface area contributed by atoms with Crippen molar-refractivity contribution in [2.45, 2.75) is 26.9 Å². The van der Waals surface area contributed by atoms with Gasteiger partial charge >= 0.3 is 0 Å². The highest BCUT2D eigenvalue weighted by molar-refractivity contribution is 4.78. The Morgan fingerprint density at radius 3 is 2.33 bits per heavy atom. The van der Waals surface area contributed by atoms with Gasteiger partial charge in [0.05, 0.1) is 19.3 Å². The van der Waals surface area contributed by atoms with Gasteiger partial charge in [-0.05, 0) is 6.92 Å². The van der Waals surface area contributed by atoms with Crippen LogP contribution >= 0.6 is 0 Å². The summed E-state index contributed by atoms with van der Waals surface area (Å²) < 4.78 is 5.01. The van der Waals surface area contributed by atoms with Gasteiger partial charge in [0.2, 0.25) is 0 Å². The van der Waals surface area contributed by atoms with Crippen molar-refractivity contribution in [3.63, 3.8) is 0 Å². The Balaban J connectivity index is 4.13. The summed E-state index contributed by atoms with van der Waals surface area (Å²) in [6.45, 7) is 8.80. The zero-order chi connectivity index (χ0) is 11.9. The van der Waals surface area contributed by atoms with E-state index in [0.29, 0.717) is 13.2 Å². The number of rotatable bonds is 8. The Bertz CT molecular complexity index is 160. The summed E-state index contributed by atoms with van der Waals surface area (Å²) in [5.74, 6) is 0. The van der Waals surface area contributed by atoms with Crippen molar-refractivity contribution >= 4 is 0 Å². The molecule has 0 aromatic carbocycles. The van der Waals surface area contributed by atoms with Crippen LogP contribution < -0.4 is 0 Å². The zero-order valence-electron chi connectivity index (χ0n) is 10.4. The van der Waals surface area contributed by atoms with Gasteiger partial charge in [0.25, 0.3) is 0 Å². The normalized spacial score (nSPS) is 14.6. The molecule has 4 nitrogen and oxygen atoms in total. The van der Waals surface area contributed by atoms with Crippen molar-refractivity contribution in [1.82, 2.24) is 4.90 Å². The number of aliphatic hydroxyl groups is 2. The lowest BCUT2D eigenvalue weighted by molar-refractivity contribution is 0.0228. The van der Waals surface area contributed by atoms with Gasteiger partial charge in [-0.2, -0.15) is 0 Å². The summed E-state index contributed by atoms with van der Waals surface area (Å²) in [5, 5.41) is 18.5. The molecule has 0 rings (SSSR count). The lowest BCUT2D eigenvalue weighted by Gasteiger charge is -2.34. The Labute approximate surface area is 92.9 Å². The van der Waals surface area contributed by atoms with Crippen molar-refractivity contribution in [3.05, 3.63) is 0 Å². The van der Waals surface area contributed by atoms with Gasteiger partial charge in [-0.25, -0.2) is 0 Å². The average Bonchev–Trinajstić information content (AvgIpc) is 2.14. The molecular weight excluding hydrogens is 194 g/mol. The summed E-state index contributed by atoms with van der Waals surface area (Å²) in [5.41, 5.74) is -0.164. The molecule has 0 aromatic rings. The molecule has 0 aromatic heterocycles. The first kappa shape index (κ1) is 14.8. The van der Waals surface area contributed by atoms with E-state index in [1.165, 1.54) is 0 Å². The largest absolute Gasteiger partial charge is 0.395 e. The minimum atomic E-state index is -0.360. The van der Waals surface area contributed by atoms with Gasteiger partial charge < -0.3 is 14.9 Å². The Morgan fingerprint density at radius 2 is 1.93 bits per heavy atom. The third kappa shape index (κ3) is 6.10. The fourth-order valence-electron chi connectivity index (χ4n) is 1.34. The van der Waals surface area contributed by atoms with Crippen LogP contribution in [0.3, 0.4) is 0 Å². The molecule has 4 heteroatoms. The van der Waals surface area contributed by atoms with E-state index < -0.39 is 0 Å². The molecular formula is C11H25NO3. The Morgan fingerprint density at radius 1 is 1.33 bits per heavy atom. The van der Waals surface area contributed by atoms with Gasteiger partial charge in [0, 0.05) is 32.2 Å². The molecule has 0 bridgehead atoms. The van der Waals surface area contributed by atoms with Crippen LogP contribution in [-0.4, -0.2) is 61.2 Å². The van der Waals surface area contributed by atoms with Crippen LogP contribution in [0.25, 0.3) is 0 Å². The van der Waals surface area contributed by atoms with Crippen LogP contribution in [0.4, 0.5) is 0 Å². The molecule has 15 heavy (non-hydrogen) atoms. The third-order valence-electron chi connectivity index (χ3n) is 2.79. The van der Waals surface area contributed by atoms with E-state index in [-0.39, 0.29) is 18.1 Å². The van der Waals surface area contributed by atoms with E-state index in [9.17, 15) is 5.11 Å². The maximum absolute atomic E-state index is 9.60. The monoisotopic (exact) mass is 219 g/mol. The first-order chi connectivity index (χ1) is 6.94. The van der Waals surface area contributed by atoms with Crippen LogP contribution in [0.2, 0.25) is 0 Å². The maximum atomic E-state index is 9.60. The highest BCUT2D eigenvalue weighted by atomic mass is 16.5. The van der Waals surface area contributed by atoms with Crippen LogP contribution in [-0.2, 0) is 4.74 Å². The Hall–Kier alpha value is -0.160. The van der Waals surface area contributed by atoms with Crippen molar-refractivity contribution < 1.29 is 14.9 Å². The summed E-state index contributed by atoms with van der Waals surface area (Å²) in [6, 6.07) is 0. The number of methoxy groups -OCH3 is 1. The Kier molecular flexibility index (Phi) is 7.09. The van der Waals surface area contributed by atoms with Crippen LogP contribution in [0.15, 0.2) is 0 Å². The zero-order valence-corrected chi connectivity index (χ0v) is 10.4. The first-order valence-electron chi connectivity index (χ1n) is 5.44. The minimum absolute atomic E-state index is 0.138. The van der Waals surface area contributed by atoms with E-state index in [4.69, 9.17) is 9.84 Å². The summed E-state index contributed by atoms with van der Waals surface area (Å²) in [6.07, 6.45) is -0.360. The van der Waals surface area contributed by atoms with Crippen LogP contribution in [0, 0.1) is 5.41 Å². The second-order valence-electron chi connectivity index (χ2n) is 4.66. The van der Waals surface area contributed by atoms with E-state index in [0.717, 1.165) is 13.1 Å². The third-order valence-corrected chi connectivity index (χ3v) is 2.79. The lowest BCUT2D eigenvalue weighted by atomic mass is 9.87. The quantitative estimate of drug-likeness (QED) is 0.618. The van der Waals surface area contributed by atoms with Crippen molar-refractivity contribution in [1.29, 1.82) is 0 Å². The predicted octanol–water partition coefficient (Wildman–Crippen LogP) is 0.334. The van der Waals surface area contributed by atoms with Gasteiger partial charge in [0.15, 0.2) is 0 Å². The topological polar surface area (TPSA) is 52.9 Å². The van der Waals surface area contributed by atoms with E-state index in [1.807, 2.05) is 13.8 Å². The molecule has 0 aliphatic carbocycles. The number of ether oxygens (including phenoxy) is 1. The molecule has 0 heterocycles. The smallest absolute Gasteiger partial charge is 0.0589 e. The number of nitrogens with zero attached hydrogens (tertiary/aromatic N) is 1. The summed E-state index contributed by atoms with van der Waals surface area (Å²) in [7, 11) is 1.66. The molecule has 0 saturated carbocycles. The van der Waals surface area contributed by atoms with Crippen molar-refractivity contribution in [2.24, 2.45) is 5.41 Å².